The molecule has 2 aromatic rings. The standard InChI is InChI=1S/C13H18BrN3S/c1-4-15-11(8-13-10(14)5-6-18-13)12-7-9(2)17(3)16-12/h5-7,11,15H,4,8H2,1-3H3. The van der Waals surface area contributed by atoms with Gasteiger partial charge in [0.2, 0.25) is 0 Å². The molecule has 0 spiro atoms. The molecule has 0 aliphatic carbocycles. The number of hydrogen-bond acceptors (Lipinski definition) is 3. The lowest BCUT2D eigenvalue weighted by Gasteiger charge is -2.15. The SMILES string of the molecule is CCNC(Cc1sccc1Br)c1cc(C)n(C)n1. The van der Waals surface area contributed by atoms with E-state index in [0.717, 1.165) is 18.7 Å². The third-order valence-electron chi connectivity index (χ3n) is 3.02. The first-order valence-electron chi connectivity index (χ1n) is 6.07. The van der Waals surface area contributed by atoms with E-state index in [1.807, 2.05) is 11.7 Å². The van der Waals surface area contributed by atoms with Crippen molar-refractivity contribution in [3.63, 3.8) is 0 Å². The van der Waals surface area contributed by atoms with E-state index in [9.17, 15) is 0 Å². The van der Waals surface area contributed by atoms with E-state index in [2.05, 4.69) is 57.7 Å². The summed E-state index contributed by atoms with van der Waals surface area (Å²) in [5.41, 5.74) is 2.32. The molecule has 5 heteroatoms. The number of aryl methyl sites for hydroxylation is 2. The van der Waals surface area contributed by atoms with Crippen molar-refractivity contribution in [3.8, 4) is 0 Å². The zero-order valence-electron chi connectivity index (χ0n) is 10.9. The summed E-state index contributed by atoms with van der Waals surface area (Å²) in [5, 5.41) is 10.2. The van der Waals surface area contributed by atoms with Gasteiger partial charge in [-0.1, -0.05) is 6.92 Å². The van der Waals surface area contributed by atoms with Crippen LogP contribution in [0, 0.1) is 6.92 Å². The number of thiophene rings is 1. The van der Waals surface area contributed by atoms with E-state index >= 15 is 0 Å². The number of nitrogens with one attached hydrogen (secondary N) is 1. The van der Waals surface area contributed by atoms with Gasteiger partial charge >= 0.3 is 0 Å². The molecule has 0 aromatic carbocycles. The number of likely N-dealkylation sites (N-methyl/N-ethyl adjacent to an activating group) is 1. The first-order chi connectivity index (χ1) is 8.61. The molecule has 0 saturated heterocycles. The molecule has 0 bridgehead atoms. The largest absolute Gasteiger partial charge is 0.309 e. The van der Waals surface area contributed by atoms with Crippen LogP contribution in [0.2, 0.25) is 0 Å². The van der Waals surface area contributed by atoms with Gasteiger partial charge < -0.3 is 5.32 Å². The predicted molar refractivity (Wildman–Crippen MR) is 80.1 cm³/mol. The first kappa shape index (κ1) is 13.8. The summed E-state index contributed by atoms with van der Waals surface area (Å²) in [4.78, 5) is 1.37. The highest BCUT2D eigenvalue weighted by Crippen LogP contribution is 2.28. The van der Waals surface area contributed by atoms with Crippen LogP contribution in [0.5, 0.6) is 0 Å². The summed E-state index contributed by atoms with van der Waals surface area (Å²) >= 11 is 5.38. The first-order valence-corrected chi connectivity index (χ1v) is 7.75. The fraction of sp³-hybridized carbons (Fsp3) is 0.462. The van der Waals surface area contributed by atoms with Crippen molar-refractivity contribution in [1.29, 1.82) is 0 Å². The Labute approximate surface area is 120 Å². The average Bonchev–Trinajstić information content (AvgIpc) is 2.87. The second-order valence-corrected chi connectivity index (χ2v) is 6.20. The Morgan fingerprint density at radius 1 is 1.56 bits per heavy atom. The van der Waals surface area contributed by atoms with Gasteiger partial charge in [0.1, 0.15) is 0 Å². The zero-order valence-corrected chi connectivity index (χ0v) is 13.3. The van der Waals surface area contributed by atoms with Crippen molar-refractivity contribution in [3.05, 3.63) is 38.3 Å². The molecular weight excluding hydrogens is 310 g/mol. The molecule has 0 saturated carbocycles. The zero-order chi connectivity index (χ0) is 13.1. The fourth-order valence-electron chi connectivity index (χ4n) is 1.94. The van der Waals surface area contributed by atoms with Crippen LogP contribution in [0.15, 0.2) is 22.0 Å². The van der Waals surface area contributed by atoms with Crippen LogP contribution >= 0.6 is 27.3 Å². The third-order valence-corrected chi connectivity index (χ3v) is 4.97. The van der Waals surface area contributed by atoms with Crippen molar-refractivity contribution in [2.24, 2.45) is 7.05 Å². The Kier molecular flexibility index (Phi) is 4.59. The predicted octanol–water partition coefficient (Wildman–Crippen LogP) is 3.45. The van der Waals surface area contributed by atoms with Crippen LogP contribution in [0.3, 0.4) is 0 Å². The molecule has 0 amide bonds. The Morgan fingerprint density at radius 2 is 2.33 bits per heavy atom. The summed E-state index contributed by atoms with van der Waals surface area (Å²) in [7, 11) is 1.99. The highest BCUT2D eigenvalue weighted by atomic mass is 79.9. The van der Waals surface area contributed by atoms with E-state index < -0.39 is 0 Å². The summed E-state index contributed by atoms with van der Waals surface area (Å²) < 4.78 is 3.13. The van der Waals surface area contributed by atoms with E-state index in [0.29, 0.717) is 0 Å². The van der Waals surface area contributed by atoms with Gasteiger partial charge in [-0.2, -0.15) is 5.10 Å². The van der Waals surface area contributed by atoms with Crippen LogP contribution in [-0.4, -0.2) is 16.3 Å². The van der Waals surface area contributed by atoms with Crippen LogP contribution in [0.25, 0.3) is 0 Å². The highest BCUT2D eigenvalue weighted by molar-refractivity contribution is 9.10. The normalized spacial score (nSPS) is 12.9. The summed E-state index contributed by atoms with van der Waals surface area (Å²) in [6.45, 7) is 5.16. The quantitative estimate of drug-likeness (QED) is 0.911. The van der Waals surface area contributed by atoms with E-state index in [1.165, 1.54) is 15.0 Å². The highest BCUT2D eigenvalue weighted by Gasteiger charge is 2.17. The van der Waals surface area contributed by atoms with Crippen LogP contribution in [-0.2, 0) is 13.5 Å². The van der Waals surface area contributed by atoms with Crippen LogP contribution in [0.1, 0.15) is 29.2 Å². The summed E-state index contributed by atoms with van der Waals surface area (Å²) in [6, 6.07) is 4.55. The smallest absolute Gasteiger partial charge is 0.0800 e. The third kappa shape index (κ3) is 3.02. The summed E-state index contributed by atoms with van der Waals surface area (Å²) in [6.07, 6.45) is 0.975. The molecule has 0 aliphatic rings. The lowest BCUT2D eigenvalue weighted by atomic mass is 10.1. The molecule has 2 aromatic heterocycles. The maximum absolute atomic E-state index is 4.58. The maximum atomic E-state index is 4.58. The second-order valence-electron chi connectivity index (χ2n) is 4.34. The molecule has 1 unspecified atom stereocenters. The summed E-state index contributed by atoms with van der Waals surface area (Å²) in [5.74, 6) is 0. The minimum absolute atomic E-state index is 0.282. The van der Waals surface area contributed by atoms with Gasteiger partial charge in [0.25, 0.3) is 0 Å². The van der Waals surface area contributed by atoms with Gasteiger partial charge in [-0.25, -0.2) is 0 Å². The van der Waals surface area contributed by atoms with Gasteiger partial charge in [0, 0.05) is 28.5 Å². The van der Waals surface area contributed by atoms with Crippen molar-refractivity contribution in [1.82, 2.24) is 15.1 Å². The van der Waals surface area contributed by atoms with Crippen molar-refractivity contribution in [2.45, 2.75) is 26.3 Å². The molecule has 2 heterocycles. The number of hydrogen-bond donors (Lipinski definition) is 1. The lowest BCUT2D eigenvalue weighted by molar-refractivity contribution is 0.530. The van der Waals surface area contributed by atoms with Crippen molar-refractivity contribution in [2.75, 3.05) is 6.54 Å². The number of aromatic nitrogens is 2. The van der Waals surface area contributed by atoms with Gasteiger partial charge in [-0.15, -0.1) is 11.3 Å². The average molecular weight is 328 g/mol. The van der Waals surface area contributed by atoms with E-state index in [4.69, 9.17) is 0 Å². The molecule has 18 heavy (non-hydrogen) atoms. The molecule has 0 radical (unpaired) electrons. The maximum Gasteiger partial charge on any atom is 0.0800 e. The second kappa shape index (κ2) is 5.99. The van der Waals surface area contributed by atoms with Crippen LogP contribution in [0.4, 0.5) is 0 Å². The van der Waals surface area contributed by atoms with Gasteiger partial charge in [0.05, 0.1) is 11.7 Å². The lowest BCUT2D eigenvalue weighted by Crippen LogP contribution is -2.23. The van der Waals surface area contributed by atoms with Crippen LogP contribution < -0.4 is 5.32 Å². The molecule has 98 valence electrons. The topological polar surface area (TPSA) is 29.9 Å². The number of halogens is 1. The Hall–Kier alpha value is -0.650. The van der Waals surface area contributed by atoms with E-state index in [-0.39, 0.29) is 6.04 Å². The minimum atomic E-state index is 0.282. The number of rotatable bonds is 5. The Balaban J connectivity index is 2.20. The number of nitrogens with zero attached hydrogens (tertiary/aromatic N) is 2. The minimum Gasteiger partial charge on any atom is -0.309 e. The Bertz CT molecular complexity index is 499. The van der Waals surface area contributed by atoms with Gasteiger partial charge in [-0.05, 0) is 46.9 Å². The van der Waals surface area contributed by atoms with E-state index in [1.54, 1.807) is 11.3 Å². The van der Waals surface area contributed by atoms with Gasteiger partial charge in [-0.3, -0.25) is 4.68 Å². The molecular formula is C13H18BrN3S. The molecule has 0 aliphatic heterocycles. The fourth-order valence-corrected chi connectivity index (χ4v) is 3.50. The van der Waals surface area contributed by atoms with Crippen molar-refractivity contribution < 1.29 is 0 Å². The molecule has 3 nitrogen and oxygen atoms in total. The molecule has 0 fully saturated rings. The Morgan fingerprint density at radius 3 is 2.83 bits per heavy atom. The molecule has 2 rings (SSSR count). The molecule has 1 N–H and O–H groups in total. The monoisotopic (exact) mass is 327 g/mol. The van der Waals surface area contributed by atoms with Crippen molar-refractivity contribution >= 4 is 27.3 Å². The van der Waals surface area contributed by atoms with Gasteiger partial charge in [0.15, 0.2) is 0 Å². The molecule has 1 atom stereocenters.